The maximum atomic E-state index is 12.3. The summed E-state index contributed by atoms with van der Waals surface area (Å²) in [5.74, 6) is 1.36. The van der Waals surface area contributed by atoms with E-state index in [0.717, 1.165) is 50.0 Å². The van der Waals surface area contributed by atoms with Crippen molar-refractivity contribution >= 4 is 5.78 Å². The molecule has 1 aliphatic heterocycles. The minimum absolute atomic E-state index is 0.132. The Labute approximate surface area is 109 Å². The highest BCUT2D eigenvalue weighted by atomic mass is 16.5. The third-order valence-corrected chi connectivity index (χ3v) is 3.63. The largest absolute Gasteiger partial charge is 0.493 e. The molecule has 0 N–H and O–H groups in total. The minimum atomic E-state index is 0.132. The highest BCUT2D eigenvalue weighted by Crippen LogP contribution is 2.27. The molecule has 18 heavy (non-hydrogen) atoms. The molecule has 0 amide bonds. The molecular formula is C16H22O2. The van der Waals surface area contributed by atoms with Gasteiger partial charge in [0.25, 0.3) is 0 Å². The Morgan fingerprint density at radius 1 is 1.44 bits per heavy atom. The quantitative estimate of drug-likeness (QED) is 0.733. The lowest BCUT2D eigenvalue weighted by Crippen LogP contribution is -2.13. The molecule has 1 unspecified atom stereocenters. The van der Waals surface area contributed by atoms with Gasteiger partial charge in [-0.15, -0.1) is 0 Å². The number of ether oxygens (including phenoxy) is 1. The van der Waals surface area contributed by atoms with Crippen LogP contribution in [-0.2, 0) is 6.42 Å². The van der Waals surface area contributed by atoms with Crippen molar-refractivity contribution in [3.63, 3.8) is 0 Å². The highest BCUT2D eigenvalue weighted by molar-refractivity contribution is 5.98. The SMILES string of the molecule is CCCCC(C)C(=O)c1ccc2c(c1)CCCO2. The number of carbonyl (C=O) groups excluding carboxylic acids is 1. The van der Waals surface area contributed by atoms with E-state index in [9.17, 15) is 4.79 Å². The van der Waals surface area contributed by atoms with E-state index >= 15 is 0 Å². The molecule has 0 saturated carbocycles. The van der Waals surface area contributed by atoms with E-state index in [1.165, 1.54) is 5.56 Å². The second kappa shape index (κ2) is 6.03. The van der Waals surface area contributed by atoms with Crippen LogP contribution in [0.4, 0.5) is 0 Å². The monoisotopic (exact) mass is 246 g/mol. The van der Waals surface area contributed by atoms with Crippen molar-refractivity contribution in [3.05, 3.63) is 29.3 Å². The van der Waals surface area contributed by atoms with Crippen LogP contribution in [0.1, 0.15) is 55.5 Å². The normalized spacial score (nSPS) is 15.7. The average Bonchev–Trinajstić information content (AvgIpc) is 2.43. The summed E-state index contributed by atoms with van der Waals surface area (Å²) in [5.41, 5.74) is 2.04. The van der Waals surface area contributed by atoms with Crippen LogP contribution in [0.2, 0.25) is 0 Å². The van der Waals surface area contributed by atoms with Crippen LogP contribution < -0.4 is 4.74 Å². The number of unbranched alkanes of at least 4 members (excludes halogenated alkanes) is 1. The first kappa shape index (κ1) is 13.1. The molecule has 2 heteroatoms. The smallest absolute Gasteiger partial charge is 0.165 e. The van der Waals surface area contributed by atoms with Gasteiger partial charge in [0.05, 0.1) is 6.61 Å². The van der Waals surface area contributed by atoms with Gasteiger partial charge in [-0.1, -0.05) is 26.7 Å². The summed E-state index contributed by atoms with van der Waals surface area (Å²) in [6.45, 7) is 4.99. The second-order valence-corrected chi connectivity index (χ2v) is 5.18. The Bertz CT molecular complexity index is 423. The number of aryl methyl sites for hydroxylation is 1. The van der Waals surface area contributed by atoms with Crippen LogP contribution in [-0.4, -0.2) is 12.4 Å². The standard InChI is InChI=1S/C16H22O2/c1-3-4-6-12(2)16(17)14-8-9-15-13(11-14)7-5-10-18-15/h8-9,11-12H,3-7,10H2,1-2H3. The summed E-state index contributed by atoms with van der Waals surface area (Å²) >= 11 is 0. The number of benzene rings is 1. The van der Waals surface area contributed by atoms with Crippen LogP contribution in [0.25, 0.3) is 0 Å². The molecule has 0 spiro atoms. The molecule has 2 nitrogen and oxygen atoms in total. The van der Waals surface area contributed by atoms with Crippen LogP contribution in [0, 0.1) is 5.92 Å². The predicted octanol–water partition coefficient (Wildman–Crippen LogP) is 4.02. The van der Waals surface area contributed by atoms with Crippen molar-refractivity contribution < 1.29 is 9.53 Å². The molecule has 2 rings (SSSR count). The van der Waals surface area contributed by atoms with Crippen LogP contribution in [0.5, 0.6) is 5.75 Å². The Kier molecular flexibility index (Phi) is 4.40. The zero-order chi connectivity index (χ0) is 13.0. The van der Waals surface area contributed by atoms with Gasteiger partial charge in [-0.05, 0) is 43.0 Å². The highest BCUT2D eigenvalue weighted by Gasteiger charge is 2.17. The number of Topliss-reactive ketones (excluding diaryl/α,β-unsaturated/α-hetero) is 1. The number of carbonyl (C=O) groups is 1. The molecule has 0 fully saturated rings. The van der Waals surface area contributed by atoms with Gasteiger partial charge in [0.1, 0.15) is 5.75 Å². The molecule has 0 radical (unpaired) electrons. The third kappa shape index (κ3) is 2.92. The number of hydrogen-bond acceptors (Lipinski definition) is 2. The number of rotatable bonds is 5. The third-order valence-electron chi connectivity index (χ3n) is 3.63. The van der Waals surface area contributed by atoms with Crippen LogP contribution in [0.3, 0.4) is 0 Å². The van der Waals surface area contributed by atoms with Gasteiger partial charge in [-0.25, -0.2) is 0 Å². The van der Waals surface area contributed by atoms with Crippen molar-refractivity contribution in [2.45, 2.75) is 46.0 Å². The molecule has 0 saturated heterocycles. The van der Waals surface area contributed by atoms with Gasteiger partial charge in [-0.3, -0.25) is 4.79 Å². The van der Waals surface area contributed by atoms with Crippen LogP contribution >= 0.6 is 0 Å². The van der Waals surface area contributed by atoms with E-state index in [2.05, 4.69) is 6.92 Å². The predicted molar refractivity (Wildman–Crippen MR) is 73.3 cm³/mol. The molecule has 0 bridgehead atoms. The van der Waals surface area contributed by atoms with Crippen LogP contribution in [0.15, 0.2) is 18.2 Å². The summed E-state index contributed by atoms with van der Waals surface area (Å²) in [6.07, 6.45) is 5.34. The lowest BCUT2D eigenvalue weighted by Gasteiger charge is -2.18. The van der Waals surface area contributed by atoms with E-state index in [-0.39, 0.29) is 11.7 Å². The van der Waals surface area contributed by atoms with Crippen molar-refractivity contribution in [1.29, 1.82) is 0 Å². The van der Waals surface area contributed by atoms with Gasteiger partial charge in [0.15, 0.2) is 5.78 Å². The number of fused-ring (bicyclic) bond motifs is 1. The molecular weight excluding hydrogens is 224 g/mol. The topological polar surface area (TPSA) is 26.3 Å². The maximum Gasteiger partial charge on any atom is 0.165 e. The second-order valence-electron chi connectivity index (χ2n) is 5.18. The summed E-state index contributed by atoms with van der Waals surface area (Å²) < 4.78 is 5.57. The molecule has 1 aromatic rings. The molecule has 1 aliphatic rings. The maximum absolute atomic E-state index is 12.3. The van der Waals surface area contributed by atoms with Gasteiger partial charge in [-0.2, -0.15) is 0 Å². The van der Waals surface area contributed by atoms with Gasteiger partial charge >= 0.3 is 0 Å². The molecule has 1 atom stereocenters. The summed E-state index contributed by atoms with van der Waals surface area (Å²) in [7, 11) is 0. The fourth-order valence-electron chi connectivity index (χ4n) is 2.44. The summed E-state index contributed by atoms with van der Waals surface area (Å²) in [4.78, 5) is 12.3. The van der Waals surface area contributed by atoms with Gasteiger partial charge < -0.3 is 4.74 Å². The van der Waals surface area contributed by atoms with Crippen molar-refractivity contribution in [3.8, 4) is 5.75 Å². The first-order valence-electron chi connectivity index (χ1n) is 7.02. The van der Waals surface area contributed by atoms with E-state index in [0.29, 0.717) is 0 Å². The van der Waals surface area contributed by atoms with Crippen molar-refractivity contribution in [1.82, 2.24) is 0 Å². The zero-order valence-electron chi connectivity index (χ0n) is 11.4. The lowest BCUT2D eigenvalue weighted by atomic mass is 9.92. The first-order valence-corrected chi connectivity index (χ1v) is 7.02. The summed E-state index contributed by atoms with van der Waals surface area (Å²) in [6, 6.07) is 5.89. The van der Waals surface area contributed by atoms with E-state index < -0.39 is 0 Å². The van der Waals surface area contributed by atoms with E-state index in [1.807, 2.05) is 25.1 Å². The van der Waals surface area contributed by atoms with E-state index in [4.69, 9.17) is 4.74 Å². The molecule has 98 valence electrons. The number of hydrogen-bond donors (Lipinski definition) is 0. The molecule has 0 aromatic heterocycles. The Morgan fingerprint density at radius 2 is 2.28 bits per heavy atom. The van der Waals surface area contributed by atoms with Crippen molar-refractivity contribution in [2.24, 2.45) is 5.92 Å². The number of ketones is 1. The van der Waals surface area contributed by atoms with Crippen molar-refractivity contribution in [2.75, 3.05) is 6.61 Å². The first-order chi connectivity index (χ1) is 8.72. The molecule has 1 heterocycles. The molecule has 0 aliphatic carbocycles. The zero-order valence-corrected chi connectivity index (χ0v) is 11.4. The Morgan fingerprint density at radius 3 is 3.06 bits per heavy atom. The fraction of sp³-hybridized carbons (Fsp3) is 0.562. The van der Waals surface area contributed by atoms with Gasteiger partial charge in [0, 0.05) is 11.5 Å². The minimum Gasteiger partial charge on any atom is -0.493 e. The Hall–Kier alpha value is -1.31. The fourth-order valence-corrected chi connectivity index (χ4v) is 2.44. The molecule has 1 aromatic carbocycles. The summed E-state index contributed by atoms with van der Waals surface area (Å²) in [5, 5.41) is 0. The van der Waals surface area contributed by atoms with Gasteiger partial charge in [0.2, 0.25) is 0 Å². The lowest BCUT2D eigenvalue weighted by molar-refractivity contribution is 0.0922. The average molecular weight is 246 g/mol. The van der Waals surface area contributed by atoms with E-state index in [1.54, 1.807) is 0 Å². The Balaban J connectivity index is 2.10.